The average molecular weight is 700 g/mol. The summed E-state index contributed by atoms with van der Waals surface area (Å²) in [5.41, 5.74) is 5.56. The van der Waals surface area contributed by atoms with Crippen molar-refractivity contribution >= 4 is 13.8 Å². The van der Waals surface area contributed by atoms with Crippen molar-refractivity contribution in [3.8, 4) is 131 Å². The lowest BCUT2D eigenvalue weighted by molar-refractivity contribution is 0.121. The Morgan fingerprint density at radius 1 is 0.604 bits per heavy atom. The summed E-state index contributed by atoms with van der Waals surface area (Å²) in [7, 11) is -1.96. The first-order valence-corrected chi connectivity index (χ1v) is 20.9. The molecule has 0 radical (unpaired) electrons. The maximum absolute atomic E-state index is 4.99. The van der Waals surface area contributed by atoms with Crippen LogP contribution in [0.15, 0.2) is 42.0 Å². The van der Waals surface area contributed by atoms with E-state index in [-0.39, 0.29) is 11.1 Å². The van der Waals surface area contributed by atoms with Gasteiger partial charge in [0, 0.05) is 34.8 Å². The molecule has 258 valence electrons. The number of nitrogens with zero attached hydrogens (tertiary/aromatic N) is 1. The van der Waals surface area contributed by atoms with Gasteiger partial charge in [0.05, 0.1) is 5.41 Å². The summed E-state index contributed by atoms with van der Waals surface area (Å²) in [5, 5.41) is 0. The molecule has 6 unspecified atom stereocenters. The van der Waals surface area contributed by atoms with Crippen molar-refractivity contribution in [3.63, 3.8) is 0 Å². The van der Waals surface area contributed by atoms with Crippen molar-refractivity contribution in [3.05, 3.63) is 53.1 Å². The molecule has 1 saturated carbocycles. The lowest BCUT2D eigenvalue weighted by Gasteiger charge is -2.57. The highest BCUT2D eigenvalue weighted by Crippen LogP contribution is 2.62. The Morgan fingerprint density at radius 2 is 1.04 bits per heavy atom. The maximum atomic E-state index is 4.99. The number of hydrogen-bond acceptors (Lipinski definition) is 1. The normalized spacial score (nSPS) is 22.5. The van der Waals surface area contributed by atoms with Crippen molar-refractivity contribution < 1.29 is 0 Å². The van der Waals surface area contributed by atoms with Crippen molar-refractivity contribution in [2.45, 2.75) is 97.4 Å². The summed E-state index contributed by atoms with van der Waals surface area (Å²) in [5.74, 6) is 57.9. The summed E-state index contributed by atoms with van der Waals surface area (Å²) in [6.45, 7) is 26.9. The molecule has 4 rings (SSSR count). The first kappa shape index (κ1) is 39.8. The summed E-state index contributed by atoms with van der Waals surface area (Å²) in [6, 6.07) is 8.77. The summed E-state index contributed by atoms with van der Waals surface area (Å²) >= 11 is 0. The predicted octanol–water partition coefficient (Wildman–Crippen LogP) is 7.94. The Balaban J connectivity index is 1.55. The van der Waals surface area contributed by atoms with Crippen LogP contribution in [0.4, 0.5) is 0 Å². The van der Waals surface area contributed by atoms with Crippen LogP contribution >= 0.6 is 0 Å². The van der Waals surface area contributed by atoms with Gasteiger partial charge in [-0.3, -0.25) is 0 Å². The molecular weight excluding hydrogens is 655 g/mol. The topological polar surface area (TPSA) is 3.24 Å². The summed E-state index contributed by atoms with van der Waals surface area (Å²) in [4.78, 5) is 0. The van der Waals surface area contributed by atoms with Crippen LogP contribution in [0.5, 0.6) is 0 Å². The van der Waals surface area contributed by atoms with Crippen LogP contribution in [0, 0.1) is 154 Å². The fraction of sp³-hybridized carbons (Fsp3) is 0.373. The van der Waals surface area contributed by atoms with Crippen molar-refractivity contribution in [1.29, 1.82) is 0 Å². The van der Waals surface area contributed by atoms with Gasteiger partial charge in [-0.2, -0.15) is 0 Å². The van der Waals surface area contributed by atoms with E-state index in [0.29, 0.717) is 29.2 Å². The first-order valence-electron chi connectivity index (χ1n) is 17.9. The molecule has 0 aliphatic heterocycles. The quantitative estimate of drug-likeness (QED) is 0.224. The first-order chi connectivity index (χ1) is 25.1. The minimum absolute atomic E-state index is 0.0806. The molecular formula is C51H45NSi. The molecule has 0 aromatic heterocycles. The molecule has 1 fully saturated rings. The van der Waals surface area contributed by atoms with E-state index in [1.165, 1.54) is 22.3 Å². The Bertz CT molecular complexity index is 2420. The van der Waals surface area contributed by atoms with Gasteiger partial charge in [0.15, 0.2) is 0 Å². The van der Waals surface area contributed by atoms with E-state index in [1.807, 2.05) is 0 Å². The summed E-state index contributed by atoms with van der Waals surface area (Å²) in [6.07, 6.45) is 10.2. The van der Waals surface area contributed by atoms with Crippen molar-refractivity contribution in [2.75, 3.05) is 0 Å². The number of rotatable bonds is 2. The van der Waals surface area contributed by atoms with Gasteiger partial charge in [-0.15, -0.1) is 6.42 Å². The number of allylic oxidation sites excluding steroid dienone is 4. The number of terminal acetylenes is 1. The second kappa shape index (κ2) is 16.6. The van der Waals surface area contributed by atoms with Gasteiger partial charge in [0.25, 0.3) is 0 Å². The molecule has 3 aliphatic carbocycles. The Labute approximate surface area is 322 Å². The molecule has 3 aliphatic rings. The molecule has 0 saturated heterocycles. The highest BCUT2D eigenvalue weighted by molar-refractivity contribution is 6.76. The van der Waals surface area contributed by atoms with Crippen LogP contribution in [0.2, 0.25) is 18.6 Å². The third kappa shape index (κ3) is 8.92. The Morgan fingerprint density at radius 3 is 1.49 bits per heavy atom. The van der Waals surface area contributed by atoms with E-state index < -0.39 is 13.7 Å². The van der Waals surface area contributed by atoms with E-state index in [9.17, 15) is 0 Å². The fourth-order valence-electron chi connectivity index (χ4n) is 9.49. The third-order valence-corrected chi connectivity index (χ3v) is 15.4. The SMILES string of the molecule is C#CC#CC#CC#CC#CC#CC#CC#CC#CC#CC#CC1(C)C2=CC3C(C)C(C)C([Si](C)(C)N(C(C)(C)C)C(C)(C)C)C3C=C2c2ccccc21. The zero-order chi connectivity index (χ0) is 38.9. The lowest BCUT2D eigenvalue weighted by atomic mass is 9.74. The zero-order valence-electron chi connectivity index (χ0n) is 32.9. The van der Waals surface area contributed by atoms with Crippen LogP contribution in [0.1, 0.15) is 73.4 Å². The van der Waals surface area contributed by atoms with Crippen LogP contribution < -0.4 is 0 Å². The lowest BCUT2D eigenvalue weighted by Crippen LogP contribution is -2.67. The third-order valence-electron chi connectivity index (χ3n) is 10.4. The largest absolute Gasteiger partial charge is 0.314 e. The minimum Gasteiger partial charge on any atom is -0.314 e. The van der Waals surface area contributed by atoms with Gasteiger partial charge < -0.3 is 4.57 Å². The number of fused-ring (bicyclic) bond motifs is 4. The molecule has 0 spiro atoms. The second-order valence-electron chi connectivity index (χ2n) is 16.2. The van der Waals surface area contributed by atoms with Crippen LogP contribution in [-0.2, 0) is 5.41 Å². The van der Waals surface area contributed by atoms with Gasteiger partial charge >= 0.3 is 0 Å². The Hall–Kier alpha value is -5.96. The highest BCUT2D eigenvalue weighted by atomic mass is 28.3. The molecule has 1 aromatic rings. The molecule has 0 N–H and O–H groups in total. The average Bonchev–Trinajstić information content (AvgIpc) is 3.47. The van der Waals surface area contributed by atoms with E-state index in [0.717, 1.165) is 0 Å². The molecule has 6 atom stereocenters. The van der Waals surface area contributed by atoms with E-state index in [2.05, 4.69) is 241 Å². The van der Waals surface area contributed by atoms with Gasteiger partial charge in [-0.1, -0.05) is 69.3 Å². The molecule has 1 nitrogen and oxygen atoms in total. The van der Waals surface area contributed by atoms with Gasteiger partial charge in [-0.25, -0.2) is 0 Å². The van der Waals surface area contributed by atoms with Crippen LogP contribution in [0.25, 0.3) is 5.57 Å². The van der Waals surface area contributed by atoms with E-state index in [1.54, 1.807) is 0 Å². The zero-order valence-corrected chi connectivity index (χ0v) is 33.9. The summed E-state index contributed by atoms with van der Waals surface area (Å²) < 4.78 is 2.91. The van der Waals surface area contributed by atoms with Gasteiger partial charge in [0.1, 0.15) is 8.24 Å². The predicted molar refractivity (Wildman–Crippen MR) is 224 cm³/mol. The molecule has 0 heterocycles. The monoisotopic (exact) mass is 699 g/mol. The maximum Gasteiger partial charge on any atom is 0.127 e. The van der Waals surface area contributed by atoms with E-state index >= 15 is 0 Å². The fourth-order valence-corrected chi connectivity index (χ4v) is 16.1. The second-order valence-corrected chi connectivity index (χ2v) is 20.6. The smallest absolute Gasteiger partial charge is 0.127 e. The van der Waals surface area contributed by atoms with Crippen molar-refractivity contribution in [2.24, 2.45) is 23.7 Å². The van der Waals surface area contributed by atoms with Crippen LogP contribution in [-0.4, -0.2) is 23.9 Å². The highest BCUT2D eigenvalue weighted by Gasteiger charge is 2.58. The number of benzene rings is 1. The molecule has 0 bridgehead atoms. The Kier molecular flexibility index (Phi) is 12.5. The van der Waals surface area contributed by atoms with Gasteiger partial charge in [-0.05, 0) is 195 Å². The molecule has 1 aromatic carbocycles. The minimum atomic E-state index is -1.96. The van der Waals surface area contributed by atoms with E-state index in [4.69, 9.17) is 6.42 Å². The molecule has 2 heteroatoms. The number of hydrogen-bond donors (Lipinski definition) is 0. The van der Waals surface area contributed by atoms with Crippen molar-refractivity contribution in [1.82, 2.24) is 4.57 Å². The molecule has 53 heavy (non-hydrogen) atoms. The molecule has 0 amide bonds. The van der Waals surface area contributed by atoms with Gasteiger partial charge in [0.2, 0.25) is 0 Å². The standard InChI is InChI=1S/C51H45NSi/c1-13-14-15-16-17-18-19-20-21-22-23-24-25-26-27-28-29-30-31-34-37-51(10)46-36-33-32-35-42(46)44-38-45-43(39-47(44)51)40(2)41(3)48(45)53(11,12)52(49(4,5)6)50(7,8)9/h1,32-33,35-36,38-41,43,45,48H,2-12H3. The van der Waals surface area contributed by atoms with Crippen LogP contribution in [0.3, 0.4) is 0 Å².